The van der Waals surface area contributed by atoms with Crippen molar-refractivity contribution >= 4 is 15.7 Å². The minimum absolute atomic E-state index is 0.0297. The summed E-state index contributed by atoms with van der Waals surface area (Å²) in [6, 6.07) is 4.23. The molecule has 0 radical (unpaired) electrons. The first kappa shape index (κ1) is 16.2. The van der Waals surface area contributed by atoms with Gasteiger partial charge in [-0.25, -0.2) is 13.4 Å². The zero-order chi connectivity index (χ0) is 15.5. The first-order valence-corrected chi connectivity index (χ1v) is 9.38. The molecule has 1 fully saturated rings. The monoisotopic (exact) mass is 311 g/mol. The van der Waals surface area contributed by atoms with E-state index in [1.807, 2.05) is 18.0 Å². The smallest absolute Gasteiger partial charge is 0.152 e. The highest BCUT2D eigenvalue weighted by Crippen LogP contribution is 2.27. The van der Waals surface area contributed by atoms with Crippen LogP contribution in [0.4, 0.5) is 5.82 Å². The average molecular weight is 311 g/mol. The number of rotatable bonds is 6. The van der Waals surface area contributed by atoms with Crippen LogP contribution in [0, 0.1) is 0 Å². The lowest BCUT2D eigenvalue weighted by atomic mass is 10.1. The van der Waals surface area contributed by atoms with E-state index in [0.717, 1.165) is 24.3 Å². The van der Waals surface area contributed by atoms with E-state index in [9.17, 15) is 8.42 Å². The van der Waals surface area contributed by atoms with Crippen LogP contribution in [0.25, 0.3) is 0 Å². The lowest BCUT2D eigenvalue weighted by Crippen LogP contribution is -2.35. The zero-order valence-corrected chi connectivity index (χ0v) is 13.9. The number of hydrogen-bond acceptors (Lipinski definition) is 5. The van der Waals surface area contributed by atoms with E-state index in [0.29, 0.717) is 6.42 Å². The highest BCUT2D eigenvalue weighted by atomic mass is 32.2. The molecule has 1 aromatic heterocycles. The number of anilines is 1. The van der Waals surface area contributed by atoms with Gasteiger partial charge in [-0.2, -0.15) is 0 Å². The molecule has 5 nitrogen and oxygen atoms in total. The van der Waals surface area contributed by atoms with Crippen LogP contribution >= 0.6 is 0 Å². The van der Waals surface area contributed by atoms with Crippen molar-refractivity contribution in [3.8, 4) is 0 Å². The Balaban J connectivity index is 2.19. The van der Waals surface area contributed by atoms with Crippen molar-refractivity contribution in [1.29, 1.82) is 0 Å². The van der Waals surface area contributed by atoms with Gasteiger partial charge in [-0.1, -0.05) is 13.0 Å². The van der Waals surface area contributed by atoms with Crippen LogP contribution in [0.2, 0.25) is 0 Å². The van der Waals surface area contributed by atoms with Gasteiger partial charge in [-0.15, -0.1) is 0 Å². The van der Waals surface area contributed by atoms with E-state index in [4.69, 9.17) is 0 Å². The first-order valence-electron chi connectivity index (χ1n) is 7.56. The van der Waals surface area contributed by atoms with Crippen LogP contribution in [0.15, 0.2) is 18.3 Å². The van der Waals surface area contributed by atoms with Gasteiger partial charge in [0, 0.05) is 30.9 Å². The zero-order valence-electron chi connectivity index (χ0n) is 13.0. The third-order valence-electron chi connectivity index (χ3n) is 4.07. The van der Waals surface area contributed by atoms with Gasteiger partial charge in [0.25, 0.3) is 0 Å². The summed E-state index contributed by atoms with van der Waals surface area (Å²) in [7, 11) is -0.933. The Morgan fingerprint density at radius 1 is 1.52 bits per heavy atom. The molecule has 0 amide bonds. The van der Waals surface area contributed by atoms with Gasteiger partial charge in [0.1, 0.15) is 5.82 Å². The Morgan fingerprint density at radius 3 is 2.90 bits per heavy atom. The maximum atomic E-state index is 11.7. The molecule has 21 heavy (non-hydrogen) atoms. The SMILES string of the molecule is CCCNC(C)c1cccnc1N(C)C1CCS(=O)(=O)C1. The van der Waals surface area contributed by atoms with E-state index in [1.54, 1.807) is 6.20 Å². The second-order valence-electron chi connectivity index (χ2n) is 5.76. The average Bonchev–Trinajstić information content (AvgIpc) is 2.84. The first-order chi connectivity index (χ1) is 9.94. The van der Waals surface area contributed by atoms with E-state index in [-0.39, 0.29) is 23.6 Å². The Kier molecular flexibility index (Phi) is 5.22. The summed E-state index contributed by atoms with van der Waals surface area (Å²) in [5, 5.41) is 3.47. The molecule has 0 aromatic carbocycles. The summed E-state index contributed by atoms with van der Waals surface area (Å²) in [6.07, 6.45) is 3.54. The number of pyridine rings is 1. The molecule has 118 valence electrons. The van der Waals surface area contributed by atoms with Gasteiger partial charge in [0.05, 0.1) is 11.5 Å². The van der Waals surface area contributed by atoms with E-state index in [1.165, 1.54) is 0 Å². The minimum atomic E-state index is -2.88. The van der Waals surface area contributed by atoms with E-state index < -0.39 is 9.84 Å². The number of hydrogen-bond donors (Lipinski definition) is 1. The maximum Gasteiger partial charge on any atom is 0.152 e. The molecule has 1 aliphatic heterocycles. The maximum absolute atomic E-state index is 11.7. The van der Waals surface area contributed by atoms with E-state index in [2.05, 4.69) is 30.2 Å². The molecule has 2 heterocycles. The standard InChI is InChI=1S/C15H25N3O2S/c1-4-8-16-12(2)14-6-5-9-17-15(14)18(3)13-7-10-21(19,20)11-13/h5-6,9,12-13,16H,4,7-8,10-11H2,1-3H3. The number of sulfone groups is 1. The molecule has 0 spiro atoms. The van der Waals surface area contributed by atoms with Crippen LogP contribution in [-0.4, -0.2) is 44.5 Å². The van der Waals surface area contributed by atoms with Crippen molar-refractivity contribution in [2.24, 2.45) is 0 Å². The largest absolute Gasteiger partial charge is 0.355 e. The lowest BCUT2D eigenvalue weighted by molar-refractivity contribution is 0.565. The van der Waals surface area contributed by atoms with Gasteiger partial charge in [-0.05, 0) is 32.4 Å². The highest BCUT2D eigenvalue weighted by Gasteiger charge is 2.32. The third kappa shape index (κ3) is 3.95. The quantitative estimate of drug-likeness (QED) is 0.867. The fourth-order valence-electron chi connectivity index (χ4n) is 2.77. The van der Waals surface area contributed by atoms with Crippen molar-refractivity contribution < 1.29 is 8.42 Å². The summed E-state index contributed by atoms with van der Waals surface area (Å²) in [5.74, 6) is 1.40. The summed E-state index contributed by atoms with van der Waals surface area (Å²) < 4.78 is 23.4. The van der Waals surface area contributed by atoms with Crippen molar-refractivity contribution in [3.63, 3.8) is 0 Å². The van der Waals surface area contributed by atoms with Crippen molar-refractivity contribution in [1.82, 2.24) is 10.3 Å². The molecule has 1 N–H and O–H groups in total. The van der Waals surface area contributed by atoms with Crippen LogP contribution in [0.5, 0.6) is 0 Å². The fraction of sp³-hybridized carbons (Fsp3) is 0.667. The summed E-state index contributed by atoms with van der Waals surface area (Å²) in [6.45, 7) is 5.21. The van der Waals surface area contributed by atoms with Crippen LogP contribution < -0.4 is 10.2 Å². The van der Waals surface area contributed by atoms with Gasteiger partial charge >= 0.3 is 0 Å². The molecular formula is C15H25N3O2S. The molecule has 1 aromatic rings. The Hall–Kier alpha value is -1.14. The molecule has 1 saturated heterocycles. The number of aromatic nitrogens is 1. The number of nitrogens with zero attached hydrogens (tertiary/aromatic N) is 2. The molecule has 2 rings (SSSR count). The van der Waals surface area contributed by atoms with Crippen molar-refractivity contribution in [3.05, 3.63) is 23.9 Å². The predicted molar refractivity (Wildman–Crippen MR) is 86.4 cm³/mol. The van der Waals surface area contributed by atoms with Crippen molar-refractivity contribution in [2.45, 2.75) is 38.8 Å². The lowest BCUT2D eigenvalue weighted by Gasteiger charge is -2.28. The molecule has 2 atom stereocenters. The number of nitrogens with one attached hydrogen (secondary N) is 1. The van der Waals surface area contributed by atoms with E-state index >= 15 is 0 Å². The van der Waals surface area contributed by atoms with Gasteiger partial charge < -0.3 is 10.2 Å². The molecule has 0 bridgehead atoms. The van der Waals surface area contributed by atoms with Gasteiger partial charge in [-0.3, -0.25) is 0 Å². The topological polar surface area (TPSA) is 62.3 Å². The third-order valence-corrected chi connectivity index (χ3v) is 5.82. The fourth-order valence-corrected chi connectivity index (χ4v) is 4.54. The Labute approximate surface area is 127 Å². The summed E-state index contributed by atoms with van der Waals surface area (Å²) >= 11 is 0. The molecule has 1 aliphatic rings. The van der Waals surface area contributed by atoms with Crippen LogP contribution in [0.3, 0.4) is 0 Å². The second kappa shape index (κ2) is 6.75. The molecule has 0 saturated carbocycles. The van der Waals surface area contributed by atoms with Gasteiger partial charge in [0.15, 0.2) is 9.84 Å². The Bertz CT molecular complexity index is 574. The highest BCUT2D eigenvalue weighted by molar-refractivity contribution is 7.91. The second-order valence-corrected chi connectivity index (χ2v) is 7.99. The predicted octanol–water partition coefficient (Wildman–Crippen LogP) is 1.77. The minimum Gasteiger partial charge on any atom is -0.355 e. The normalized spacial score (nSPS) is 22.1. The Morgan fingerprint density at radius 2 is 2.29 bits per heavy atom. The van der Waals surface area contributed by atoms with Gasteiger partial charge in [0.2, 0.25) is 0 Å². The van der Waals surface area contributed by atoms with Crippen molar-refractivity contribution in [2.75, 3.05) is 30.0 Å². The molecule has 0 aliphatic carbocycles. The summed E-state index contributed by atoms with van der Waals surface area (Å²) in [4.78, 5) is 6.52. The summed E-state index contributed by atoms with van der Waals surface area (Å²) in [5.41, 5.74) is 1.12. The van der Waals surface area contributed by atoms with Crippen LogP contribution in [0.1, 0.15) is 38.3 Å². The molecular weight excluding hydrogens is 286 g/mol. The van der Waals surface area contributed by atoms with Crippen LogP contribution in [-0.2, 0) is 9.84 Å². The molecule has 2 unspecified atom stereocenters. The molecule has 6 heteroatoms.